The summed E-state index contributed by atoms with van der Waals surface area (Å²) in [7, 11) is -3.81. The molecule has 0 radical (unpaired) electrons. The maximum Gasteiger partial charge on any atom is 0.241 e. The summed E-state index contributed by atoms with van der Waals surface area (Å²) in [5.74, 6) is -0.379. The van der Waals surface area contributed by atoms with Crippen molar-refractivity contribution in [3.05, 3.63) is 78.4 Å². The van der Waals surface area contributed by atoms with E-state index in [1.807, 2.05) is 61.5 Å². The summed E-state index contributed by atoms with van der Waals surface area (Å²) in [4.78, 5) is 12.5. The number of carbonyl (C=O) groups is 1. The average molecular weight is 382 g/mol. The topological polar surface area (TPSA) is 75.3 Å². The fraction of sp³-hybridized carbons (Fsp3) is 0.190. The van der Waals surface area contributed by atoms with Crippen LogP contribution in [0.4, 0.5) is 0 Å². The number of carbonyl (C=O) groups excluding carboxylic acids is 1. The van der Waals surface area contributed by atoms with Crippen molar-refractivity contribution in [2.24, 2.45) is 0 Å². The molecule has 2 N–H and O–H groups in total. The lowest BCUT2D eigenvalue weighted by Crippen LogP contribution is -2.45. The molecule has 0 saturated carbocycles. The lowest BCUT2D eigenvalue weighted by molar-refractivity contribution is -0.123. The van der Waals surface area contributed by atoms with E-state index in [0.717, 1.165) is 16.3 Å². The second kappa shape index (κ2) is 7.90. The van der Waals surface area contributed by atoms with Crippen molar-refractivity contribution in [3.63, 3.8) is 0 Å². The SMILES string of the molecule is CC(NS(=O)(=O)c1ccc2ccccc2c1)C(=O)NC(C)c1ccccc1. The number of amides is 1. The summed E-state index contributed by atoms with van der Waals surface area (Å²) in [5, 5.41) is 4.62. The van der Waals surface area contributed by atoms with Crippen molar-refractivity contribution < 1.29 is 13.2 Å². The first-order valence-corrected chi connectivity index (χ1v) is 10.2. The Morgan fingerprint density at radius 3 is 2.19 bits per heavy atom. The van der Waals surface area contributed by atoms with Crippen LogP contribution in [0, 0.1) is 0 Å². The molecule has 0 spiro atoms. The molecule has 0 aromatic heterocycles. The van der Waals surface area contributed by atoms with Gasteiger partial charge in [0.1, 0.15) is 0 Å². The van der Waals surface area contributed by atoms with Gasteiger partial charge in [0.2, 0.25) is 15.9 Å². The molecular weight excluding hydrogens is 360 g/mol. The molecule has 0 bridgehead atoms. The molecule has 2 atom stereocenters. The summed E-state index contributed by atoms with van der Waals surface area (Å²) in [5.41, 5.74) is 0.954. The Hall–Kier alpha value is -2.70. The number of nitrogens with one attached hydrogen (secondary N) is 2. The summed E-state index contributed by atoms with van der Waals surface area (Å²) in [6.07, 6.45) is 0. The van der Waals surface area contributed by atoms with Crippen molar-refractivity contribution >= 4 is 26.7 Å². The summed E-state index contributed by atoms with van der Waals surface area (Å²) in [6, 6.07) is 20.8. The van der Waals surface area contributed by atoms with E-state index in [1.165, 1.54) is 6.92 Å². The second-order valence-electron chi connectivity index (χ2n) is 6.49. The lowest BCUT2D eigenvalue weighted by atomic mass is 10.1. The van der Waals surface area contributed by atoms with Crippen LogP contribution in [0.25, 0.3) is 10.8 Å². The van der Waals surface area contributed by atoms with Crippen LogP contribution in [0.1, 0.15) is 25.5 Å². The van der Waals surface area contributed by atoms with Gasteiger partial charge in [-0.25, -0.2) is 8.42 Å². The molecule has 5 nitrogen and oxygen atoms in total. The van der Waals surface area contributed by atoms with Gasteiger partial charge in [-0.3, -0.25) is 4.79 Å². The molecule has 0 fully saturated rings. The molecule has 3 aromatic rings. The first-order chi connectivity index (χ1) is 12.9. The van der Waals surface area contributed by atoms with Gasteiger partial charge in [-0.15, -0.1) is 0 Å². The third kappa shape index (κ3) is 4.53. The highest BCUT2D eigenvalue weighted by Gasteiger charge is 2.23. The van der Waals surface area contributed by atoms with Gasteiger partial charge in [0, 0.05) is 0 Å². The Kier molecular flexibility index (Phi) is 5.58. The van der Waals surface area contributed by atoms with Crippen molar-refractivity contribution in [2.75, 3.05) is 0 Å². The minimum Gasteiger partial charge on any atom is -0.348 e. The first kappa shape index (κ1) is 19.1. The van der Waals surface area contributed by atoms with Crippen LogP contribution in [-0.4, -0.2) is 20.4 Å². The third-order valence-electron chi connectivity index (χ3n) is 4.41. The van der Waals surface area contributed by atoms with Gasteiger partial charge in [-0.2, -0.15) is 4.72 Å². The van der Waals surface area contributed by atoms with Crippen molar-refractivity contribution in [1.29, 1.82) is 0 Å². The molecule has 0 aliphatic carbocycles. The number of hydrogen-bond acceptors (Lipinski definition) is 3. The second-order valence-corrected chi connectivity index (χ2v) is 8.21. The molecule has 0 aliphatic rings. The highest BCUT2D eigenvalue weighted by Crippen LogP contribution is 2.19. The van der Waals surface area contributed by atoms with Crippen molar-refractivity contribution in [2.45, 2.75) is 30.8 Å². The van der Waals surface area contributed by atoms with E-state index in [1.54, 1.807) is 18.2 Å². The molecule has 1 amide bonds. The number of rotatable bonds is 6. The molecule has 6 heteroatoms. The fourth-order valence-electron chi connectivity index (χ4n) is 2.85. The zero-order chi connectivity index (χ0) is 19.4. The lowest BCUT2D eigenvalue weighted by Gasteiger charge is -2.19. The summed E-state index contributed by atoms with van der Waals surface area (Å²) in [6.45, 7) is 3.39. The average Bonchev–Trinajstić information content (AvgIpc) is 2.67. The Bertz CT molecular complexity index is 1050. The molecule has 140 valence electrons. The minimum atomic E-state index is -3.81. The van der Waals surface area contributed by atoms with Crippen LogP contribution < -0.4 is 10.0 Å². The normalized spacial score (nSPS) is 13.9. The molecule has 2 unspecified atom stereocenters. The molecule has 0 heterocycles. The predicted molar refractivity (Wildman–Crippen MR) is 107 cm³/mol. The van der Waals surface area contributed by atoms with Gasteiger partial charge in [0.15, 0.2) is 0 Å². The Balaban J connectivity index is 1.71. The number of benzene rings is 3. The Labute approximate surface area is 159 Å². The maximum absolute atomic E-state index is 12.7. The van der Waals surface area contributed by atoms with Crippen LogP contribution >= 0.6 is 0 Å². The summed E-state index contributed by atoms with van der Waals surface area (Å²) >= 11 is 0. The van der Waals surface area contributed by atoms with Crippen LogP contribution in [0.3, 0.4) is 0 Å². The van der Waals surface area contributed by atoms with Crippen molar-refractivity contribution in [3.8, 4) is 0 Å². The zero-order valence-corrected chi connectivity index (χ0v) is 16.0. The van der Waals surface area contributed by atoms with E-state index in [9.17, 15) is 13.2 Å². The minimum absolute atomic E-state index is 0.136. The van der Waals surface area contributed by atoms with E-state index in [0.29, 0.717) is 0 Å². The Morgan fingerprint density at radius 2 is 1.48 bits per heavy atom. The fourth-order valence-corrected chi connectivity index (χ4v) is 4.09. The van der Waals surface area contributed by atoms with Crippen LogP contribution in [0.2, 0.25) is 0 Å². The monoisotopic (exact) mass is 382 g/mol. The van der Waals surface area contributed by atoms with E-state index < -0.39 is 16.1 Å². The highest BCUT2D eigenvalue weighted by molar-refractivity contribution is 7.89. The Morgan fingerprint density at radius 1 is 0.852 bits per heavy atom. The van der Waals surface area contributed by atoms with Gasteiger partial charge >= 0.3 is 0 Å². The molecule has 0 saturated heterocycles. The maximum atomic E-state index is 12.7. The molecule has 0 aliphatic heterocycles. The van der Waals surface area contributed by atoms with Gasteiger partial charge in [-0.1, -0.05) is 60.7 Å². The van der Waals surface area contributed by atoms with Crippen LogP contribution in [-0.2, 0) is 14.8 Å². The van der Waals surface area contributed by atoms with E-state index >= 15 is 0 Å². The van der Waals surface area contributed by atoms with Crippen LogP contribution in [0.15, 0.2) is 77.7 Å². The molecule has 27 heavy (non-hydrogen) atoms. The first-order valence-electron chi connectivity index (χ1n) is 8.73. The van der Waals surface area contributed by atoms with Crippen molar-refractivity contribution in [1.82, 2.24) is 10.0 Å². The van der Waals surface area contributed by atoms with E-state index in [4.69, 9.17) is 0 Å². The molecule has 3 rings (SSSR count). The predicted octanol–water partition coefficient (Wildman–Crippen LogP) is 3.38. The van der Waals surface area contributed by atoms with Gasteiger partial charge in [0.25, 0.3) is 0 Å². The highest BCUT2D eigenvalue weighted by atomic mass is 32.2. The van der Waals surface area contributed by atoms with Gasteiger partial charge in [-0.05, 0) is 42.3 Å². The number of sulfonamides is 1. The third-order valence-corrected chi connectivity index (χ3v) is 5.95. The standard InChI is InChI=1S/C21H22N2O3S/c1-15(17-8-4-3-5-9-17)22-21(24)16(2)23-27(25,26)20-13-12-18-10-6-7-11-19(18)14-20/h3-16,23H,1-2H3,(H,22,24). The van der Waals surface area contributed by atoms with Crippen LogP contribution in [0.5, 0.6) is 0 Å². The molecule has 3 aromatic carbocycles. The number of hydrogen-bond donors (Lipinski definition) is 2. The largest absolute Gasteiger partial charge is 0.348 e. The smallest absolute Gasteiger partial charge is 0.241 e. The van der Waals surface area contributed by atoms with E-state index in [-0.39, 0.29) is 16.8 Å². The molecular formula is C21H22N2O3S. The van der Waals surface area contributed by atoms with E-state index in [2.05, 4.69) is 10.0 Å². The summed E-state index contributed by atoms with van der Waals surface area (Å²) < 4.78 is 27.8. The quantitative estimate of drug-likeness (QED) is 0.686. The van der Waals surface area contributed by atoms with Gasteiger partial charge in [0.05, 0.1) is 17.0 Å². The zero-order valence-electron chi connectivity index (χ0n) is 15.2. The number of fused-ring (bicyclic) bond motifs is 1. The van der Waals surface area contributed by atoms with Gasteiger partial charge < -0.3 is 5.32 Å².